The molecule has 36 heavy (non-hydrogen) atoms. The number of halogens is 1. The van der Waals surface area contributed by atoms with Gasteiger partial charge in [0.25, 0.3) is 5.56 Å². The maximum Gasteiger partial charge on any atom is 0.259 e. The predicted molar refractivity (Wildman–Crippen MR) is 139 cm³/mol. The van der Waals surface area contributed by atoms with Gasteiger partial charge in [-0.15, -0.1) is 0 Å². The van der Waals surface area contributed by atoms with E-state index in [9.17, 15) is 4.79 Å². The molecular weight excluding hydrogens is 476 g/mol. The second-order valence-corrected chi connectivity index (χ2v) is 9.92. The molecule has 6 heterocycles. The first-order valence-electron chi connectivity index (χ1n) is 12.1. The maximum atomic E-state index is 13.0. The Bertz CT molecular complexity index is 1660. The van der Waals surface area contributed by atoms with Gasteiger partial charge in [-0.2, -0.15) is 0 Å². The zero-order valence-electron chi connectivity index (χ0n) is 19.4. The first-order chi connectivity index (χ1) is 17.6. The lowest BCUT2D eigenvalue weighted by Gasteiger charge is -2.34. The van der Waals surface area contributed by atoms with Crippen molar-refractivity contribution in [3.8, 4) is 22.6 Å². The fourth-order valence-corrected chi connectivity index (χ4v) is 5.70. The largest absolute Gasteiger partial charge is 0.378 e. The molecule has 2 bridgehead atoms. The lowest BCUT2D eigenvalue weighted by molar-refractivity contribution is -0.0186. The van der Waals surface area contributed by atoms with Gasteiger partial charge in [-0.3, -0.25) is 14.7 Å². The number of rotatable bonds is 4. The van der Waals surface area contributed by atoms with Crippen molar-refractivity contribution in [2.75, 3.05) is 13.2 Å². The third-order valence-electron chi connectivity index (χ3n) is 7.32. The van der Waals surface area contributed by atoms with E-state index in [1.807, 2.05) is 12.1 Å². The van der Waals surface area contributed by atoms with Crippen LogP contribution in [0, 0.1) is 0 Å². The van der Waals surface area contributed by atoms with Crippen molar-refractivity contribution < 1.29 is 4.74 Å². The van der Waals surface area contributed by atoms with Crippen LogP contribution in [0.1, 0.15) is 18.4 Å². The highest BCUT2D eigenvalue weighted by Gasteiger charge is 2.37. The molecule has 1 aromatic carbocycles. The average molecular weight is 499 g/mol. The number of ether oxygens (including phenoxy) is 1. The van der Waals surface area contributed by atoms with Crippen LogP contribution in [-0.2, 0) is 11.3 Å². The number of imidazole rings is 1. The summed E-state index contributed by atoms with van der Waals surface area (Å²) in [6.07, 6.45) is 5.75. The normalized spacial score (nSPS) is 19.9. The zero-order chi connectivity index (χ0) is 24.2. The molecule has 180 valence electrons. The van der Waals surface area contributed by atoms with Gasteiger partial charge in [-0.25, -0.2) is 9.97 Å². The number of nitrogens with one attached hydrogen (secondary N) is 2. The summed E-state index contributed by atoms with van der Waals surface area (Å²) < 4.78 is 5.75. The van der Waals surface area contributed by atoms with Gasteiger partial charge < -0.3 is 14.7 Å². The van der Waals surface area contributed by atoms with Crippen LogP contribution < -0.4 is 5.56 Å². The number of aromatic nitrogens is 5. The number of morpholine rings is 1. The Morgan fingerprint density at radius 1 is 1.03 bits per heavy atom. The second-order valence-electron chi connectivity index (χ2n) is 9.54. The van der Waals surface area contributed by atoms with Gasteiger partial charge in [0.1, 0.15) is 11.0 Å². The van der Waals surface area contributed by atoms with Gasteiger partial charge in [-0.05, 0) is 36.6 Å². The van der Waals surface area contributed by atoms with Crippen LogP contribution in [0.5, 0.6) is 0 Å². The van der Waals surface area contributed by atoms with Gasteiger partial charge >= 0.3 is 0 Å². The third kappa shape index (κ3) is 3.69. The molecule has 0 radical (unpaired) electrons. The van der Waals surface area contributed by atoms with Gasteiger partial charge in [0.2, 0.25) is 0 Å². The molecular formula is C27H23ClN6O2. The van der Waals surface area contributed by atoms with E-state index in [1.165, 1.54) is 18.4 Å². The highest BCUT2D eigenvalue weighted by atomic mass is 35.5. The SMILES string of the molecule is O=c1[nH]c2ccnc(-c3cccc(CN4C5CCC4COC5)c3)c2cc1-c1nc2cc(Cl)ncc2[nH]1. The van der Waals surface area contributed by atoms with E-state index in [4.69, 9.17) is 21.3 Å². The standard InChI is InChI=1S/C27H23ClN6O2/c28-24-10-22-23(11-30-24)32-26(31-22)20-9-19-21(33-27(20)35)6-7-29-25(19)16-3-1-2-15(8-16)12-34-17-4-5-18(34)14-36-13-17/h1-3,6-11,17-18H,4-5,12-14H2,(H,31,32)(H,33,35). The quantitative estimate of drug-likeness (QED) is 0.353. The van der Waals surface area contributed by atoms with Crippen molar-refractivity contribution in [2.24, 2.45) is 0 Å². The minimum Gasteiger partial charge on any atom is -0.378 e. The average Bonchev–Trinajstić information content (AvgIpc) is 3.38. The van der Waals surface area contributed by atoms with Crippen molar-refractivity contribution >= 4 is 33.5 Å². The topological polar surface area (TPSA) is 99.8 Å². The summed E-state index contributed by atoms with van der Waals surface area (Å²) in [5, 5.41) is 1.21. The zero-order valence-corrected chi connectivity index (χ0v) is 20.1. The van der Waals surface area contributed by atoms with Crippen LogP contribution in [0.4, 0.5) is 0 Å². The molecule has 0 spiro atoms. The molecule has 7 rings (SSSR count). The molecule has 0 aliphatic carbocycles. The molecule has 8 nitrogen and oxygen atoms in total. The molecule has 2 atom stereocenters. The minimum absolute atomic E-state index is 0.227. The summed E-state index contributed by atoms with van der Waals surface area (Å²) in [5.41, 5.74) is 5.38. The Balaban J connectivity index is 1.30. The van der Waals surface area contributed by atoms with Crippen molar-refractivity contribution in [3.05, 3.63) is 75.9 Å². The molecule has 4 aromatic heterocycles. The summed E-state index contributed by atoms with van der Waals surface area (Å²) in [4.78, 5) is 35.1. The van der Waals surface area contributed by atoms with Crippen LogP contribution in [0.25, 0.3) is 44.6 Å². The number of aromatic amines is 2. The first kappa shape index (κ1) is 21.7. The summed E-state index contributed by atoms with van der Waals surface area (Å²) in [5.74, 6) is 0.462. The Morgan fingerprint density at radius 3 is 2.75 bits per heavy atom. The van der Waals surface area contributed by atoms with Gasteiger partial charge in [0.15, 0.2) is 0 Å². The van der Waals surface area contributed by atoms with Gasteiger partial charge in [0, 0.05) is 41.8 Å². The lowest BCUT2D eigenvalue weighted by Crippen LogP contribution is -2.45. The Kier molecular flexibility index (Phi) is 5.13. The number of fused-ring (bicyclic) bond motifs is 4. The molecule has 2 saturated heterocycles. The monoisotopic (exact) mass is 498 g/mol. The van der Waals surface area contributed by atoms with Crippen LogP contribution in [-0.4, -0.2) is 55.1 Å². The van der Waals surface area contributed by atoms with Crippen LogP contribution in [0.3, 0.4) is 0 Å². The first-order valence-corrected chi connectivity index (χ1v) is 12.5. The van der Waals surface area contributed by atoms with E-state index >= 15 is 0 Å². The Labute approximate surface area is 211 Å². The van der Waals surface area contributed by atoms with Crippen LogP contribution in [0.2, 0.25) is 5.15 Å². The molecule has 2 aliphatic rings. The summed E-state index contributed by atoms with van der Waals surface area (Å²) in [7, 11) is 0. The van der Waals surface area contributed by atoms with Crippen molar-refractivity contribution in [3.63, 3.8) is 0 Å². The van der Waals surface area contributed by atoms with Crippen LogP contribution in [0.15, 0.2) is 59.7 Å². The van der Waals surface area contributed by atoms with Crippen molar-refractivity contribution in [2.45, 2.75) is 31.5 Å². The summed E-state index contributed by atoms with van der Waals surface area (Å²) in [6, 6.07) is 14.9. The fourth-order valence-electron chi connectivity index (χ4n) is 5.55. The number of nitrogens with zero attached hydrogens (tertiary/aromatic N) is 4. The Hall–Kier alpha value is -3.59. The predicted octanol–water partition coefficient (Wildman–Crippen LogP) is 4.55. The maximum absolute atomic E-state index is 13.0. The van der Waals surface area contributed by atoms with E-state index in [2.05, 4.69) is 49.1 Å². The number of hydrogen-bond donors (Lipinski definition) is 2. The highest BCUT2D eigenvalue weighted by molar-refractivity contribution is 6.29. The molecule has 0 amide bonds. The number of benzene rings is 1. The number of hydrogen-bond acceptors (Lipinski definition) is 6. The van der Waals surface area contributed by atoms with Crippen molar-refractivity contribution in [1.29, 1.82) is 0 Å². The highest BCUT2D eigenvalue weighted by Crippen LogP contribution is 2.32. The summed E-state index contributed by atoms with van der Waals surface area (Å²) >= 11 is 6.02. The molecule has 9 heteroatoms. The molecule has 2 aliphatic heterocycles. The number of H-pyrrole nitrogens is 2. The minimum atomic E-state index is -0.227. The van der Waals surface area contributed by atoms with Gasteiger partial charge in [0.05, 0.1) is 47.2 Å². The third-order valence-corrected chi connectivity index (χ3v) is 7.52. The van der Waals surface area contributed by atoms with Crippen molar-refractivity contribution in [1.82, 2.24) is 29.8 Å². The van der Waals surface area contributed by atoms with Gasteiger partial charge in [-0.1, -0.05) is 29.8 Å². The van der Waals surface area contributed by atoms with E-state index in [0.29, 0.717) is 39.7 Å². The second kappa shape index (κ2) is 8.51. The summed E-state index contributed by atoms with van der Waals surface area (Å²) in [6.45, 7) is 2.54. The van der Waals surface area contributed by atoms with E-state index in [0.717, 1.165) is 41.9 Å². The van der Waals surface area contributed by atoms with E-state index in [-0.39, 0.29) is 5.56 Å². The Morgan fingerprint density at radius 2 is 1.89 bits per heavy atom. The lowest BCUT2D eigenvalue weighted by atomic mass is 10.0. The molecule has 0 saturated carbocycles. The van der Waals surface area contributed by atoms with E-state index in [1.54, 1.807) is 18.5 Å². The van der Waals surface area contributed by atoms with Crippen LogP contribution >= 0.6 is 11.6 Å². The smallest absolute Gasteiger partial charge is 0.259 e. The molecule has 5 aromatic rings. The number of pyridine rings is 3. The molecule has 2 fully saturated rings. The fraction of sp³-hybridized carbons (Fsp3) is 0.259. The molecule has 2 N–H and O–H groups in total. The van der Waals surface area contributed by atoms with E-state index < -0.39 is 0 Å². The molecule has 2 unspecified atom stereocenters.